The Morgan fingerprint density at radius 1 is 1.20 bits per heavy atom. The molecule has 1 aromatic carbocycles. The average Bonchev–Trinajstić information content (AvgIpc) is 3.34. The summed E-state index contributed by atoms with van der Waals surface area (Å²) >= 11 is 1.35. The van der Waals surface area contributed by atoms with Gasteiger partial charge in [-0.15, -0.1) is 10.2 Å². The number of ether oxygens (including phenoxy) is 1. The summed E-state index contributed by atoms with van der Waals surface area (Å²) in [5, 5.41) is 15.7. The second-order valence-electron chi connectivity index (χ2n) is 7.13. The zero-order chi connectivity index (χ0) is 21.1. The lowest BCUT2D eigenvalue weighted by molar-refractivity contribution is -0.115. The lowest BCUT2D eigenvalue weighted by atomic mass is 10.2. The van der Waals surface area contributed by atoms with Crippen LogP contribution in [0.1, 0.15) is 18.2 Å². The number of hydrogen-bond donors (Lipinski definition) is 1. The number of benzene rings is 1. The monoisotopic (exact) mass is 428 g/mol. The zero-order valence-corrected chi connectivity index (χ0v) is 18.0. The number of carbonyl (C=O) groups is 1. The molecule has 0 bridgehead atoms. The van der Waals surface area contributed by atoms with E-state index in [0.29, 0.717) is 29.9 Å². The molecule has 1 saturated heterocycles. The van der Waals surface area contributed by atoms with Crippen LogP contribution in [0.25, 0.3) is 5.69 Å². The third-order valence-corrected chi connectivity index (χ3v) is 5.74. The van der Waals surface area contributed by atoms with E-state index in [1.165, 1.54) is 11.8 Å². The third-order valence-electron chi connectivity index (χ3n) is 4.70. The van der Waals surface area contributed by atoms with Gasteiger partial charge in [-0.1, -0.05) is 29.1 Å². The maximum absolute atomic E-state index is 12.6. The number of amides is 1. The van der Waals surface area contributed by atoms with Crippen molar-refractivity contribution in [1.82, 2.24) is 19.9 Å². The maximum atomic E-state index is 12.6. The van der Waals surface area contributed by atoms with Crippen LogP contribution in [0.4, 0.5) is 11.8 Å². The van der Waals surface area contributed by atoms with Crippen molar-refractivity contribution in [2.24, 2.45) is 0 Å². The first-order valence-electron chi connectivity index (χ1n) is 9.77. The van der Waals surface area contributed by atoms with Gasteiger partial charge in [0.25, 0.3) is 0 Å². The van der Waals surface area contributed by atoms with Crippen LogP contribution in [0.2, 0.25) is 0 Å². The number of nitrogens with zero attached hydrogens (tertiary/aromatic N) is 5. The summed E-state index contributed by atoms with van der Waals surface area (Å²) in [4.78, 5) is 14.8. The Bertz CT molecular complexity index is 1030. The highest BCUT2D eigenvalue weighted by molar-refractivity contribution is 8.00. The molecule has 30 heavy (non-hydrogen) atoms. The van der Waals surface area contributed by atoms with E-state index < -0.39 is 5.25 Å². The van der Waals surface area contributed by atoms with Gasteiger partial charge in [-0.2, -0.15) is 0 Å². The Morgan fingerprint density at radius 2 is 2.00 bits per heavy atom. The minimum atomic E-state index is -0.410. The molecule has 1 fully saturated rings. The van der Waals surface area contributed by atoms with Crippen molar-refractivity contribution in [3.63, 3.8) is 0 Å². The Labute approximate surface area is 178 Å². The summed E-state index contributed by atoms with van der Waals surface area (Å²) in [6.45, 7) is 8.45. The average molecular weight is 429 g/mol. The molecule has 1 aliphatic heterocycles. The van der Waals surface area contributed by atoms with Gasteiger partial charge in [-0.3, -0.25) is 9.36 Å². The van der Waals surface area contributed by atoms with E-state index in [-0.39, 0.29) is 5.91 Å². The van der Waals surface area contributed by atoms with Gasteiger partial charge in [0, 0.05) is 19.2 Å². The van der Waals surface area contributed by atoms with E-state index in [9.17, 15) is 4.79 Å². The molecule has 1 atom stereocenters. The van der Waals surface area contributed by atoms with Crippen molar-refractivity contribution in [1.29, 1.82) is 0 Å². The lowest BCUT2D eigenvalue weighted by Crippen LogP contribution is -2.38. The SMILES string of the molecule is Cc1cccc(-n2c(SC(C)C(=O)Nc3cc(C)on3)nnc2N2CCOCC2)c1. The molecule has 0 spiro atoms. The second kappa shape index (κ2) is 8.88. The van der Waals surface area contributed by atoms with Crippen molar-refractivity contribution in [2.45, 2.75) is 31.2 Å². The van der Waals surface area contributed by atoms with Gasteiger partial charge in [0.05, 0.1) is 24.2 Å². The van der Waals surface area contributed by atoms with Crippen LogP contribution in [0.15, 0.2) is 40.0 Å². The fourth-order valence-electron chi connectivity index (χ4n) is 3.16. The molecular weight excluding hydrogens is 404 g/mol. The molecule has 3 heterocycles. The summed E-state index contributed by atoms with van der Waals surface area (Å²) in [7, 11) is 0. The molecule has 1 amide bonds. The lowest BCUT2D eigenvalue weighted by Gasteiger charge is -2.28. The van der Waals surface area contributed by atoms with Crippen molar-refractivity contribution < 1.29 is 14.1 Å². The number of aromatic nitrogens is 4. The molecule has 0 aliphatic carbocycles. The molecule has 2 aromatic heterocycles. The highest BCUT2D eigenvalue weighted by Gasteiger charge is 2.25. The van der Waals surface area contributed by atoms with Gasteiger partial charge in [0.15, 0.2) is 11.0 Å². The Kier molecular flexibility index (Phi) is 6.05. The number of nitrogens with one attached hydrogen (secondary N) is 1. The molecule has 3 aromatic rings. The smallest absolute Gasteiger partial charge is 0.238 e. The van der Waals surface area contributed by atoms with Gasteiger partial charge < -0.3 is 19.5 Å². The predicted molar refractivity (Wildman–Crippen MR) is 114 cm³/mol. The van der Waals surface area contributed by atoms with Crippen LogP contribution in [0.5, 0.6) is 0 Å². The van der Waals surface area contributed by atoms with E-state index in [1.54, 1.807) is 13.0 Å². The quantitative estimate of drug-likeness (QED) is 0.599. The molecule has 0 radical (unpaired) electrons. The van der Waals surface area contributed by atoms with Gasteiger partial charge >= 0.3 is 0 Å². The molecule has 10 heteroatoms. The van der Waals surface area contributed by atoms with Crippen LogP contribution in [-0.4, -0.2) is 57.4 Å². The molecular formula is C20H24N6O3S. The second-order valence-corrected chi connectivity index (χ2v) is 8.44. The number of carbonyl (C=O) groups excluding carboxylic acids is 1. The highest BCUT2D eigenvalue weighted by atomic mass is 32.2. The molecule has 1 aliphatic rings. The largest absolute Gasteiger partial charge is 0.378 e. The molecule has 9 nitrogen and oxygen atoms in total. The standard InChI is InChI=1S/C20H24N6O3S/c1-13-5-4-6-16(11-13)26-19(25-7-9-28-10-8-25)22-23-20(26)30-15(3)18(27)21-17-12-14(2)29-24-17/h4-6,11-12,15H,7-10H2,1-3H3,(H,21,24,27). The predicted octanol–water partition coefficient (Wildman–Crippen LogP) is 2.83. The van der Waals surface area contributed by atoms with Crippen LogP contribution >= 0.6 is 11.8 Å². The number of aryl methyl sites for hydroxylation is 2. The molecule has 0 saturated carbocycles. The Morgan fingerprint density at radius 3 is 2.70 bits per heavy atom. The fraction of sp³-hybridized carbons (Fsp3) is 0.400. The number of morpholine rings is 1. The summed E-state index contributed by atoms with van der Waals surface area (Å²) in [5.41, 5.74) is 2.10. The third kappa shape index (κ3) is 4.49. The van der Waals surface area contributed by atoms with Crippen LogP contribution in [0, 0.1) is 13.8 Å². The van der Waals surface area contributed by atoms with Crippen LogP contribution in [0.3, 0.4) is 0 Å². The van der Waals surface area contributed by atoms with Gasteiger partial charge in [-0.05, 0) is 38.5 Å². The normalized spacial score (nSPS) is 15.2. The van der Waals surface area contributed by atoms with Gasteiger partial charge in [0.1, 0.15) is 5.76 Å². The van der Waals surface area contributed by atoms with E-state index in [0.717, 1.165) is 30.3 Å². The minimum Gasteiger partial charge on any atom is -0.378 e. The van der Waals surface area contributed by atoms with Crippen molar-refractivity contribution >= 4 is 29.4 Å². The van der Waals surface area contributed by atoms with Crippen molar-refractivity contribution in [2.75, 3.05) is 36.5 Å². The first-order valence-corrected chi connectivity index (χ1v) is 10.7. The van der Waals surface area contributed by atoms with Crippen LogP contribution < -0.4 is 10.2 Å². The molecule has 1 N–H and O–H groups in total. The van der Waals surface area contributed by atoms with Crippen molar-refractivity contribution in [3.8, 4) is 5.69 Å². The van der Waals surface area contributed by atoms with Gasteiger partial charge in [-0.25, -0.2) is 0 Å². The molecule has 4 rings (SSSR count). The summed E-state index contributed by atoms with van der Waals surface area (Å²) in [6.07, 6.45) is 0. The number of rotatable bonds is 6. The van der Waals surface area contributed by atoms with Crippen molar-refractivity contribution in [3.05, 3.63) is 41.7 Å². The number of hydrogen-bond acceptors (Lipinski definition) is 8. The van der Waals surface area contributed by atoms with E-state index in [1.807, 2.05) is 36.6 Å². The Hall–Kier alpha value is -2.85. The number of anilines is 2. The first kappa shape index (κ1) is 20.4. The van der Waals surface area contributed by atoms with E-state index in [4.69, 9.17) is 9.26 Å². The molecule has 158 valence electrons. The molecule has 1 unspecified atom stereocenters. The minimum absolute atomic E-state index is 0.181. The number of thioether (sulfide) groups is 1. The van der Waals surface area contributed by atoms with Gasteiger partial charge in [0.2, 0.25) is 11.9 Å². The zero-order valence-electron chi connectivity index (χ0n) is 17.2. The fourth-order valence-corrected chi connectivity index (χ4v) is 4.03. The van der Waals surface area contributed by atoms with E-state index >= 15 is 0 Å². The van der Waals surface area contributed by atoms with E-state index in [2.05, 4.69) is 31.6 Å². The first-order chi connectivity index (χ1) is 14.5. The van der Waals surface area contributed by atoms with Crippen LogP contribution in [-0.2, 0) is 9.53 Å². The summed E-state index contributed by atoms with van der Waals surface area (Å²) in [6, 6.07) is 9.84. The summed E-state index contributed by atoms with van der Waals surface area (Å²) < 4.78 is 12.5. The Balaban J connectivity index is 1.60. The highest BCUT2D eigenvalue weighted by Crippen LogP contribution is 2.30. The maximum Gasteiger partial charge on any atom is 0.238 e. The summed E-state index contributed by atoms with van der Waals surface area (Å²) in [5.74, 6) is 1.62. The topological polar surface area (TPSA) is 98.3 Å².